The van der Waals surface area contributed by atoms with E-state index in [0.29, 0.717) is 18.5 Å². The molecule has 0 spiro atoms. The van der Waals surface area contributed by atoms with Crippen LogP contribution < -0.4 is 5.32 Å². The molecule has 3 heterocycles. The fourth-order valence-corrected chi connectivity index (χ4v) is 2.46. The van der Waals surface area contributed by atoms with E-state index in [-0.39, 0.29) is 30.9 Å². The van der Waals surface area contributed by atoms with Crippen molar-refractivity contribution in [3.05, 3.63) is 41.9 Å². The average molecular weight is 296 g/mol. The minimum Gasteiger partial charge on any atom is -0.357 e. The highest BCUT2D eigenvalue weighted by Gasteiger charge is 2.27. The van der Waals surface area contributed by atoms with Crippen LogP contribution in [0.2, 0.25) is 0 Å². The molecule has 0 saturated heterocycles. The molecule has 1 amide bonds. The van der Waals surface area contributed by atoms with Gasteiger partial charge in [-0.15, -0.1) is 12.4 Å². The minimum absolute atomic E-state index is 0. The second-order valence-corrected chi connectivity index (χ2v) is 4.63. The number of nitrogens with one attached hydrogen (secondary N) is 2. The van der Waals surface area contributed by atoms with Gasteiger partial charge in [-0.3, -0.25) is 14.2 Å². The molecule has 0 saturated carbocycles. The van der Waals surface area contributed by atoms with Gasteiger partial charge in [-0.05, 0) is 24.6 Å². The molecule has 2 aromatic heterocycles. The third-order valence-electron chi connectivity index (χ3n) is 3.46. The Hall–Kier alpha value is -1.88. The molecular weight excluding hydrogens is 281 g/mol. The van der Waals surface area contributed by atoms with Crippen LogP contribution >= 0.6 is 12.4 Å². The minimum atomic E-state index is -0.385. The van der Waals surface area contributed by atoms with E-state index in [1.807, 2.05) is 18.2 Å². The Balaban J connectivity index is 0.00000147. The number of amides is 1. The summed E-state index contributed by atoms with van der Waals surface area (Å²) in [5.41, 5.74) is 3.30. The molecule has 3 rings (SSSR count). The molecule has 1 aliphatic rings. The molecule has 2 aromatic rings. The maximum absolute atomic E-state index is 12.6. The summed E-state index contributed by atoms with van der Waals surface area (Å²) < 4.78 is 12.6. The summed E-state index contributed by atoms with van der Waals surface area (Å²) in [6.07, 6.45) is 3.83. The number of fused-ring (bicyclic) bond motifs is 1. The summed E-state index contributed by atoms with van der Waals surface area (Å²) in [6.45, 7) is 0.107. The van der Waals surface area contributed by atoms with Crippen LogP contribution in [0, 0.1) is 0 Å². The maximum atomic E-state index is 12.6. The lowest BCUT2D eigenvalue weighted by Crippen LogP contribution is -2.34. The third kappa shape index (κ3) is 2.54. The maximum Gasteiger partial charge on any atom is 0.253 e. The summed E-state index contributed by atoms with van der Waals surface area (Å²) in [5, 5.41) is 2.80. The van der Waals surface area contributed by atoms with Crippen molar-refractivity contribution in [2.24, 2.45) is 0 Å². The fraction of sp³-hybridized carbons (Fsp3) is 0.286. The zero-order valence-electron chi connectivity index (χ0n) is 10.7. The van der Waals surface area contributed by atoms with Crippen LogP contribution in [0.15, 0.2) is 30.6 Å². The second kappa shape index (κ2) is 6.05. The van der Waals surface area contributed by atoms with Gasteiger partial charge >= 0.3 is 0 Å². The number of nitrogens with zero attached hydrogens (tertiary/aromatic N) is 1. The largest absolute Gasteiger partial charge is 0.357 e. The van der Waals surface area contributed by atoms with E-state index in [9.17, 15) is 9.18 Å². The molecule has 0 fully saturated rings. The fourth-order valence-electron chi connectivity index (χ4n) is 2.46. The normalized spacial score (nSPS) is 17.1. The van der Waals surface area contributed by atoms with Crippen LogP contribution in [0.1, 0.15) is 28.4 Å². The van der Waals surface area contributed by atoms with Gasteiger partial charge in [0.05, 0.1) is 12.2 Å². The number of aromatic amines is 1. The molecule has 1 aliphatic heterocycles. The second-order valence-electron chi connectivity index (χ2n) is 4.63. The Kier molecular flexibility index (Phi) is 4.39. The van der Waals surface area contributed by atoms with Gasteiger partial charge in [0.2, 0.25) is 0 Å². The van der Waals surface area contributed by atoms with Crippen molar-refractivity contribution in [2.75, 3.05) is 13.2 Å². The molecule has 0 bridgehead atoms. The summed E-state index contributed by atoms with van der Waals surface area (Å²) in [4.78, 5) is 19.1. The molecule has 106 valence electrons. The lowest BCUT2D eigenvalue weighted by molar-refractivity contribution is 0.0938. The Bertz CT molecular complexity index is 600. The Morgan fingerprint density at radius 1 is 1.35 bits per heavy atom. The van der Waals surface area contributed by atoms with Gasteiger partial charge in [-0.2, -0.15) is 0 Å². The number of hydrogen-bond donors (Lipinski definition) is 2. The molecule has 6 heteroatoms. The van der Waals surface area contributed by atoms with Gasteiger partial charge in [0.1, 0.15) is 0 Å². The van der Waals surface area contributed by atoms with E-state index in [1.54, 1.807) is 12.4 Å². The number of hydrogen-bond acceptors (Lipinski definition) is 2. The van der Waals surface area contributed by atoms with Crippen molar-refractivity contribution >= 4 is 18.3 Å². The van der Waals surface area contributed by atoms with E-state index < -0.39 is 0 Å². The highest BCUT2D eigenvalue weighted by molar-refractivity contribution is 5.98. The number of aromatic nitrogens is 2. The van der Waals surface area contributed by atoms with Crippen molar-refractivity contribution < 1.29 is 9.18 Å². The van der Waals surface area contributed by atoms with Gasteiger partial charge in [-0.25, -0.2) is 0 Å². The van der Waals surface area contributed by atoms with Crippen molar-refractivity contribution in [2.45, 2.75) is 12.3 Å². The van der Waals surface area contributed by atoms with E-state index >= 15 is 0 Å². The number of halogens is 2. The molecule has 4 nitrogen and oxygen atoms in total. The van der Waals surface area contributed by atoms with Crippen LogP contribution in [0.25, 0.3) is 11.3 Å². The van der Waals surface area contributed by atoms with Crippen LogP contribution in [-0.4, -0.2) is 29.1 Å². The Morgan fingerprint density at radius 3 is 2.80 bits per heavy atom. The molecule has 20 heavy (non-hydrogen) atoms. The molecule has 0 unspecified atom stereocenters. The summed E-state index contributed by atoms with van der Waals surface area (Å²) in [5.74, 6) is -0.0741. The van der Waals surface area contributed by atoms with Crippen LogP contribution in [0.3, 0.4) is 0 Å². The van der Waals surface area contributed by atoms with Crippen LogP contribution in [0.5, 0.6) is 0 Å². The smallest absolute Gasteiger partial charge is 0.253 e. The van der Waals surface area contributed by atoms with E-state index in [0.717, 1.165) is 17.0 Å². The quantitative estimate of drug-likeness (QED) is 0.914. The number of carbonyl (C=O) groups excluding carboxylic acids is 1. The van der Waals surface area contributed by atoms with Crippen molar-refractivity contribution in [3.8, 4) is 11.3 Å². The van der Waals surface area contributed by atoms with E-state index in [4.69, 9.17) is 0 Å². The topological polar surface area (TPSA) is 57.8 Å². The van der Waals surface area contributed by atoms with Crippen molar-refractivity contribution in [3.63, 3.8) is 0 Å². The zero-order chi connectivity index (χ0) is 13.2. The molecule has 0 radical (unpaired) electrons. The number of H-pyrrole nitrogens is 1. The first-order valence-corrected chi connectivity index (χ1v) is 6.27. The van der Waals surface area contributed by atoms with Crippen molar-refractivity contribution in [1.82, 2.24) is 15.3 Å². The molecule has 0 aliphatic carbocycles. The SMILES string of the molecule is Cl.O=C1NC[C@@H](CCF)c2[nH]c(-c3ccncc3)cc21. The Morgan fingerprint density at radius 2 is 2.10 bits per heavy atom. The predicted molar refractivity (Wildman–Crippen MR) is 76.9 cm³/mol. The van der Waals surface area contributed by atoms with Gasteiger partial charge < -0.3 is 10.3 Å². The molecule has 2 N–H and O–H groups in total. The standard InChI is InChI=1S/C14H14FN3O.ClH/c15-4-1-10-8-17-14(19)11-7-12(18-13(10)11)9-2-5-16-6-3-9;/h2-3,5-7,10,18H,1,4,8H2,(H,17,19);1H/t10-;/m1./s1. The molecule has 0 aromatic carbocycles. The van der Waals surface area contributed by atoms with Gasteiger partial charge in [-0.1, -0.05) is 0 Å². The van der Waals surface area contributed by atoms with Crippen LogP contribution in [0.4, 0.5) is 4.39 Å². The lowest BCUT2D eigenvalue weighted by Gasteiger charge is -2.21. The van der Waals surface area contributed by atoms with E-state index in [1.165, 1.54) is 0 Å². The van der Waals surface area contributed by atoms with Gasteiger partial charge in [0, 0.05) is 41.8 Å². The monoisotopic (exact) mass is 295 g/mol. The number of carbonyl (C=O) groups is 1. The first-order chi connectivity index (χ1) is 9.29. The Labute approximate surface area is 122 Å². The number of pyridine rings is 1. The molecular formula is C14H15ClFN3O. The third-order valence-corrected chi connectivity index (χ3v) is 3.46. The molecule has 1 atom stereocenters. The summed E-state index contributed by atoms with van der Waals surface area (Å²) in [6, 6.07) is 5.57. The first kappa shape index (κ1) is 14.5. The zero-order valence-corrected chi connectivity index (χ0v) is 11.5. The highest BCUT2D eigenvalue weighted by Crippen LogP contribution is 2.30. The van der Waals surface area contributed by atoms with Gasteiger partial charge in [0.15, 0.2) is 0 Å². The summed E-state index contributed by atoms with van der Waals surface area (Å²) in [7, 11) is 0. The lowest BCUT2D eigenvalue weighted by atomic mass is 9.95. The predicted octanol–water partition coefficient (Wildman–Crippen LogP) is 2.69. The summed E-state index contributed by atoms with van der Waals surface area (Å²) >= 11 is 0. The van der Waals surface area contributed by atoms with Crippen LogP contribution in [-0.2, 0) is 0 Å². The van der Waals surface area contributed by atoms with Crippen molar-refractivity contribution in [1.29, 1.82) is 0 Å². The number of alkyl halides is 1. The first-order valence-electron chi connectivity index (χ1n) is 6.27. The van der Waals surface area contributed by atoms with E-state index in [2.05, 4.69) is 15.3 Å². The average Bonchev–Trinajstić information content (AvgIpc) is 2.89. The number of rotatable bonds is 3. The highest BCUT2D eigenvalue weighted by atomic mass is 35.5. The van der Waals surface area contributed by atoms with Gasteiger partial charge in [0.25, 0.3) is 5.91 Å².